The number of rotatable bonds is 11. The van der Waals surface area contributed by atoms with Gasteiger partial charge in [-0.2, -0.15) is 0 Å². The van der Waals surface area contributed by atoms with E-state index in [4.69, 9.17) is 20.0 Å². The molecule has 0 heterocycles. The summed E-state index contributed by atoms with van der Waals surface area (Å²) in [5.41, 5.74) is 0. The molecule has 0 rings (SSSR count). The van der Waals surface area contributed by atoms with Crippen molar-refractivity contribution in [1.29, 1.82) is 0 Å². The van der Waals surface area contributed by atoms with Crippen molar-refractivity contribution in [2.24, 2.45) is 0 Å². The molecule has 0 bridgehead atoms. The van der Waals surface area contributed by atoms with Crippen molar-refractivity contribution >= 4 is 0 Å². The summed E-state index contributed by atoms with van der Waals surface area (Å²) in [7, 11) is 0. The molecule has 0 saturated heterocycles. The zero-order valence-electron chi connectivity index (χ0n) is 9.65. The van der Waals surface area contributed by atoms with Crippen molar-refractivity contribution in [3.05, 3.63) is 0 Å². The lowest BCUT2D eigenvalue weighted by Gasteiger charge is -2.07. The first-order valence-corrected chi connectivity index (χ1v) is 5.84. The van der Waals surface area contributed by atoms with E-state index in [0.29, 0.717) is 6.61 Å². The Morgan fingerprint density at radius 3 is 2.33 bits per heavy atom. The normalized spacial score (nSPS) is 13.0. The van der Waals surface area contributed by atoms with Crippen LogP contribution in [0.15, 0.2) is 0 Å². The zero-order valence-corrected chi connectivity index (χ0v) is 9.65. The molecular formula is C11H24O4. The maximum absolute atomic E-state index is 8.90. The highest BCUT2D eigenvalue weighted by Crippen LogP contribution is 2.04. The number of aliphatic hydroxyl groups is 2. The van der Waals surface area contributed by atoms with Crippen molar-refractivity contribution in [3.8, 4) is 0 Å². The number of aliphatic hydroxyl groups excluding tert-OH is 2. The monoisotopic (exact) mass is 220 g/mol. The molecular weight excluding hydrogens is 196 g/mol. The van der Waals surface area contributed by atoms with E-state index in [1.807, 2.05) is 0 Å². The van der Waals surface area contributed by atoms with Gasteiger partial charge in [-0.15, -0.1) is 0 Å². The van der Waals surface area contributed by atoms with E-state index in [0.717, 1.165) is 12.8 Å². The zero-order chi connectivity index (χ0) is 11.4. The summed E-state index contributed by atoms with van der Waals surface area (Å²) in [6.45, 7) is 2.50. The van der Waals surface area contributed by atoms with E-state index >= 15 is 0 Å². The van der Waals surface area contributed by atoms with Crippen LogP contribution in [0.4, 0.5) is 0 Å². The van der Waals surface area contributed by atoms with E-state index < -0.39 is 6.10 Å². The van der Waals surface area contributed by atoms with Gasteiger partial charge in [-0.1, -0.05) is 39.0 Å². The van der Waals surface area contributed by atoms with Crippen LogP contribution in [0.3, 0.4) is 0 Å². The van der Waals surface area contributed by atoms with Gasteiger partial charge in [0.05, 0.1) is 13.2 Å². The van der Waals surface area contributed by atoms with Crippen LogP contribution >= 0.6 is 0 Å². The molecule has 0 amide bonds. The quantitative estimate of drug-likeness (QED) is 0.316. The molecule has 0 aromatic rings. The van der Waals surface area contributed by atoms with Crippen LogP contribution < -0.4 is 0 Å². The molecule has 0 radical (unpaired) electrons. The van der Waals surface area contributed by atoms with Crippen LogP contribution in [0.2, 0.25) is 0 Å². The van der Waals surface area contributed by atoms with Gasteiger partial charge in [0.1, 0.15) is 12.7 Å². The van der Waals surface area contributed by atoms with Crippen molar-refractivity contribution < 1.29 is 20.0 Å². The van der Waals surface area contributed by atoms with Crippen molar-refractivity contribution in [2.75, 3.05) is 19.8 Å². The van der Waals surface area contributed by atoms with Crippen LogP contribution in [0.5, 0.6) is 0 Å². The van der Waals surface area contributed by atoms with Crippen molar-refractivity contribution in [1.82, 2.24) is 0 Å². The molecule has 0 aliphatic carbocycles. The first-order valence-electron chi connectivity index (χ1n) is 5.84. The highest BCUT2D eigenvalue weighted by Gasteiger charge is 2.01. The maximum atomic E-state index is 8.90. The molecule has 0 aromatic carbocycles. The fourth-order valence-electron chi connectivity index (χ4n) is 1.18. The topological polar surface area (TPSA) is 58.9 Å². The standard InChI is InChI=1S/C11H24O4/c1-2-3-4-5-6-7-8-14-15-10-11(13)9-12/h11-13H,2-10H2,1H3. The summed E-state index contributed by atoms with van der Waals surface area (Å²) in [4.78, 5) is 9.55. The van der Waals surface area contributed by atoms with Crippen LogP contribution in [-0.2, 0) is 9.78 Å². The summed E-state index contributed by atoms with van der Waals surface area (Å²) >= 11 is 0. The Kier molecular flexibility index (Phi) is 11.8. The first-order chi connectivity index (χ1) is 7.31. The Morgan fingerprint density at radius 1 is 1.00 bits per heavy atom. The first kappa shape index (κ1) is 14.8. The third-order valence-electron chi connectivity index (χ3n) is 2.14. The van der Waals surface area contributed by atoms with Crippen LogP contribution in [0.1, 0.15) is 45.4 Å². The largest absolute Gasteiger partial charge is 0.394 e. The SMILES string of the molecule is CCCCCCCCOOCC(O)CO. The minimum Gasteiger partial charge on any atom is -0.394 e. The van der Waals surface area contributed by atoms with E-state index in [-0.39, 0.29) is 13.2 Å². The minimum absolute atomic E-state index is 0.0341. The molecule has 0 aromatic heterocycles. The second-order valence-corrected chi connectivity index (χ2v) is 3.71. The molecule has 1 atom stereocenters. The predicted molar refractivity (Wildman–Crippen MR) is 58.4 cm³/mol. The fraction of sp³-hybridized carbons (Fsp3) is 1.00. The average molecular weight is 220 g/mol. The second kappa shape index (κ2) is 11.9. The van der Waals surface area contributed by atoms with Crippen molar-refractivity contribution in [3.63, 3.8) is 0 Å². The van der Waals surface area contributed by atoms with E-state index in [9.17, 15) is 0 Å². The minimum atomic E-state index is -0.838. The Morgan fingerprint density at radius 2 is 1.67 bits per heavy atom. The Balaban J connectivity index is 2.92. The molecule has 0 saturated carbocycles. The molecule has 0 aliphatic heterocycles. The fourth-order valence-corrected chi connectivity index (χ4v) is 1.18. The van der Waals surface area contributed by atoms with Crippen LogP contribution in [0.25, 0.3) is 0 Å². The molecule has 92 valence electrons. The second-order valence-electron chi connectivity index (χ2n) is 3.71. The smallest absolute Gasteiger partial charge is 0.110 e. The molecule has 0 spiro atoms. The highest BCUT2D eigenvalue weighted by atomic mass is 17.2. The lowest BCUT2D eigenvalue weighted by Crippen LogP contribution is -2.19. The summed E-state index contributed by atoms with van der Waals surface area (Å²) in [5.74, 6) is 0. The van der Waals surface area contributed by atoms with E-state index in [1.54, 1.807) is 0 Å². The van der Waals surface area contributed by atoms with E-state index in [1.165, 1.54) is 25.7 Å². The van der Waals surface area contributed by atoms with Gasteiger partial charge in [-0.25, -0.2) is 9.78 Å². The summed E-state index contributed by atoms with van der Waals surface area (Å²) < 4.78 is 0. The predicted octanol–water partition coefficient (Wildman–Crippen LogP) is 1.65. The molecule has 4 heteroatoms. The van der Waals surface area contributed by atoms with Gasteiger partial charge >= 0.3 is 0 Å². The molecule has 4 nitrogen and oxygen atoms in total. The Bertz CT molecular complexity index is 119. The molecule has 2 N–H and O–H groups in total. The number of unbranched alkanes of at least 4 members (excludes halogenated alkanes) is 5. The van der Waals surface area contributed by atoms with Crippen LogP contribution in [0, 0.1) is 0 Å². The maximum Gasteiger partial charge on any atom is 0.110 e. The average Bonchev–Trinajstić information content (AvgIpc) is 2.26. The highest BCUT2D eigenvalue weighted by molar-refractivity contribution is 4.46. The lowest BCUT2D eigenvalue weighted by molar-refractivity contribution is -0.306. The van der Waals surface area contributed by atoms with Gasteiger partial charge in [0.15, 0.2) is 0 Å². The summed E-state index contributed by atoms with van der Waals surface area (Å²) in [6, 6.07) is 0. The molecule has 15 heavy (non-hydrogen) atoms. The molecule has 0 fully saturated rings. The Hall–Kier alpha value is -0.160. The summed E-state index contributed by atoms with van der Waals surface area (Å²) in [6.07, 6.45) is 6.41. The molecule has 0 aliphatic rings. The van der Waals surface area contributed by atoms with Gasteiger partial charge in [0, 0.05) is 0 Å². The third-order valence-corrected chi connectivity index (χ3v) is 2.14. The van der Waals surface area contributed by atoms with Gasteiger partial charge in [0.2, 0.25) is 0 Å². The Labute approximate surface area is 92.1 Å². The van der Waals surface area contributed by atoms with Crippen LogP contribution in [-0.4, -0.2) is 36.1 Å². The van der Waals surface area contributed by atoms with Crippen molar-refractivity contribution in [2.45, 2.75) is 51.6 Å². The number of hydrogen-bond acceptors (Lipinski definition) is 4. The molecule has 1 unspecified atom stereocenters. The van der Waals surface area contributed by atoms with Gasteiger partial charge < -0.3 is 10.2 Å². The van der Waals surface area contributed by atoms with Gasteiger partial charge in [0.25, 0.3) is 0 Å². The van der Waals surface area contributed by atoms with Gasteiger partial charge in [-0.05, 0) is 6.42 Å². The third kappa shape index (κ3) is 11.8. The summed E-state index contributed by atoms with van der Waals surface area (Å²) in [5, 5.41) is 17.4. The van der Waals surface area contributed by atoms with E-state index in [2.05, 4.69) is 6.92 Å². The van der Waals surface area contributed by atoms with Gasteiger partial charge in [-0.3, -0.25) is 0 Å². The number of hydrogen-bond donors (Lipinski definition) is 2. The lowest BCUT2D eigenvalue weighted by atomic mass is 10.1.